The van der Waals surface area contributed by atoms with E-state index >= 15 is 0 Å². The van der Waals surface area contributed by atoms with Crippen molar-refractivity contribution < 1.29 is 14.0 Å². The van der Waals surface area contributed by atoms with Crippen LogP contribution in [0, 0.1) is 5.82 Å². The van der Waals surface area contributed by atoms with Crippen molar-refractivity contribution in [2.75, 3.05) is 5.75 Å². The first kappa shape index (κ1) is 28.2. The van der Waals surface area contributed by atoms with E-state index in [9.17, 15) is 14.0 Å². The molecule has 7 heteroatoms. The minimum absolute atomic E-state index is 0.124. The highest BCUT2D eigenvalue weighted by atomic mass is 35.5. The van der Waals surface area contributed by atoms with Crippen LogP contribution < -0.4 is 5.32 Å². The Kier molecular flexibility index (Phi) is 10.6. The number of halogens is 2. The van der Waals surface area contributed by atoms with Crippen LogP contribution in [0.4, 0.5) is 4.39 Å². The molecule has 1 N–H and O–H groups in total. The molecule has 1 saturated carbocycles. The van der Waals surface area contributed by atoms with Gasteiger partial charge in [0, 0.05) is 29.8 Å². The molecule has 3 aromatic carbocycles. The van der Waals surface area contributed by atoms with Crippen molar-refractivity contribution in [2.24, 2.45) is 0 Å². The largest absolute Gasteiger partial charge is 0.352 e. The highest BCUT2D eigenvalue weighted by Gasteiger charge is 2.31. The quantitative estimate of drug-likeness (QED) is 0.284. The summed E-state index contributed by atoms with van der Waals surface area (Å²) in [6, 6.07) is 23.0. The van der Waals surface area contributed by atoms with E-state index in [1.54, 1.807) is 17.0 Å². The second-order valence-electron chi connectivity index (χ2n) is 9.82. The molecule has 1 aliphatic rings. The Morgan fingerprint density at radius 1 is 0.921 bits per heavy atom. The molecule has 3 aromatic rings. The van der Waals surface area contributed by atoms with Crippen molar-refractivity contribution in [3.63, 3.8) is 0 Å². The van der Waals surface area contributed by atoms with Crippen molar-refractivity contribution in [1.29, 1.82) is 0 Å². The Balaban J connectivity index is 1.56. The summed E-state index contributed by atoms with van der Waals surface area (Å²) in [5.74, 6) is 0.265. The fraction of sp³-hybridized carbons (Fsp3) is 0.355. The van der Waals surface area contributed by atoms with Gasteiger partial charge in [0.25, 0.3) is 0 Å². The molecule has 0 radical (unpaired) electrons. The van der Waals surface area contributed by atoms with Crippen molar-refractivity contribution in [3.05, 3.63) is 106 Å². The van der Waals surface area contributed by atoms with Crippen LogP contribution in [0.2, 0.25) is 5.02 Å². The third-order valence-corrected chi connectivity index (χ3v) is 8.10. The molecule has 0 bridgehead atoms. The molecule has 200 valence electrons. The first-order valence-electron chi connectivity index (χ1n) is 13.2. The molecule has 1 fully saturated rings. The predicted molar refractivity (Wildman–Crippen MR) is 154 cm³/mol. The van der Waals surface area contributed by atoms with Crippen molar-refractivity contribution in [3.8, 4) is 0 Å². The Bertz CT molecular complexity index is 1190. The van der Waals surface area contributed by atoms with Gasteiger partial charge in [-0.15, -0.1) is 11.8 Å². The number of hydrogen-bond acceptors (Lipinski definition) is 3. The summed E-state index contributed by atoms with van der Waals surface area (Å²) in [6.45, 7) is 0.229. The molecule has 2 amide bonds. The van der Waals surface area contributed by atoms with E-state index in [1.807, 2.05) is 54.6 Å². The van der Waals surface area contributed by atoms with Gasteiger partial charge in [0.15, 0.2) is 0 Å². The number of nitrogens with zero attached hydrogens (tertiary/aromatic N) is 1. The van der Waals surface area contributed by atoms with Crippen molar-refractivity contribution in [2.45, 2.75) is 62.9 Å². The number of rotatable bonds is 11. The molecule has 1 atom stereocenters. The van der Waals surface area contributed by atoms with Crippen molar-refractivity contribution >= 4 is 35.2 Å². The fourth-order valence-corrected chi connectivity index (χ4v) is 5.92. The normalized spacial score (nSPS) is 14.6. The number of amides is 2. The fourth-order valence-electron chi connectivity index (χ4n) is 4.85. The molecule has 0 saturated heterocycles. The summed E-state index contributed by atoms with van der Waals surface area (Å²) in [4.78, 5) is 29.1. The van der Waals surface area contributed by atoms with Gasteiger partial charge in [0.05, 0.1) is 5.75 Å². The second-order valence-corrected chi connectivity index (χ2v) is 11.2. The zero-order valence-electron chi connectivity index (χ0n) is 21.5. The van der Waals surface area contributed by atoms with E-state index in [0.29, 0.717) is 17.2 Å². The van der Waals surface area contributed by atoms with E-state index in [2.05, 4.69) is 5.32 Å². The lowest BCUT2D eigenvalue weighted by Crippen LogP contribution is -2.53. The third-order valence-electron chi connectivity index (χ3n) is 6.87. The van der Waals surface area contributed by atoms with E-state index in [1.165, 1.54) is 30.3 Å². The lowest BCUT2D eigenvalue weighted by Gasteiger charge is -2.33. The molecule has 38 heavy (non-hydrogen) atoms. The Labute approximate surface area is 234 Å². The van der Waals surface area contributed by atoms with E-state index in [-0.39, 0.29) is 36.0 Å². The average molecular weight is 553 g/mol. The SMILES string of the molecule is O=C(NC1CCCCC1)[C@@H](Cc1ccccc1)N(Cc1ccc(F)cc1)C(=O)CSCc1cccc(Cl)c1. The summed E-state index contributed by atoms with van der Waals surface area (Å²) in [5.41, 5.74) is 2.80. The zero-order chi connectivity index (χ0) is 26.7. The molecule has 0 spiro atoms. The van der Waals surface area contributed by atoms with Crippen LogP contribution in [0.25, 0.3) is 0 Å². The average Bonchev–Trinajstić information content (AvgIpc) is 2.93. The summed E-state index contributed by atoms with van der Waals surface area (Å²) in [6.07, 6.45) is 5.74. The van der Waals surface area contributed by atoms with E-state index in [4.69, 9.17) is 11.6 Å². The summed E-state index contributed by atoms with van der Waals surface area (Å²) in [5, 5.41) is 3.91. The van der Waals surface area contributed by atoms with Gasteiger partial charge in [-0.2, -0.15) is 0 Å². The predicted octanol–water partition coefficient (Wildman–Crippen LogP) is 6.80. The Hall–Kier alpha value is -2.83. The van der Waals surface area contributed by atoms with Gasteiger partial charge in [-0.05, 0) is 53.8 Å². The number of nitrogens with one attached hydrogen (secondary N) is 1. The molecular weight excluding hydrogens is 519 g/mol. The van der Waals surface area contributed by atoms with Crippen LogP contribution >= 0.6 is 23.4 Å². The molecule has 4 nitrogen and oxygen atoms in total. The lowest BCUT2D eigenvalue weighted by molar-refractivity contribution is -0.139. The van der Waals surface area contributed by atoms with Gasteiger partial charge in [-0.25, -0.2) is 4.39 Å². The number of hydrogen-bond donors (Lipinski definition) is 1. The lowest BCUT2D eigenvalue weighted by atomic mass is 9.94. The van der Waals surface area contributed by atoms with E-state index in [0.717, 1.165) is 42.4 Å². The summed E-state index contributed by atoms with van der Waals surface area (Å²) >= 11 is 7.61. The maximum atomic E-state index is 13.8. The van der Waals surface area contributed by atoms with Gasteiger partial charge in [0.1, 0.15) is 11.9 Å². The number of carbonyl (C=O) groups is 2. The van der Waals surface area contributed by atoms with Crippen LogP contribution in [0.5, 0.6) is 0 Å². The van der Waals surface area contributed by atoms with Crippen LogP contribution in [0.1, 0.15) is 48.8 Å². The topological polar surface area (TPSA) is 49.4 Å². The van der Waals surface area contributed by atoms with Gasteiger partial charge < -0.3 is 10.2 Å². The summed E-state index contributed by atoms with van der Waals surface area (Å²) < 4.78 is 13.6. The van der Waals surface area contributed by atoms with Gasteiger partial charge in [-0.3, -0.25) is 9.59 Å². The van der Waals surface area contributed by atoms with Crippen LogP contribution in [-0.4, -0.2) is 34.6 Å². The minimum Gasteiger partial charge on any atom is -0.352 e. The molecule has 1 aliphatic carbocycles. The van der Waals surface area contributed by atoms with E-state index < -0.39 is 6.04 Å². The monoisotopic (exact) mass is 552 g/mol. The molecule has 0 heterocycles. The third kappa shape index (κ3) is 8.60. The molecular formula is C31H34ClFN2O2S. The maximum Gasteiger partial charge on any atom is 0.243 e. The molecule has 4 rings (SSSR count). The van der Waals surface area contributed by atoms with Crippen LogP contribution in [-0.2, 0) is 28.3 Å². The maximum absolute atomic E-state index is 13.8. The van der Waals surface area contributed by atoms with Crippen molar-refractivity contribution in [1.82, 2.24) is 10.2 Å². The standard InChI is InChI=1S/C31H34ClFN2O2S/c32-26-11-7-10-25(18-26)21-38-22-30(36)35(20-24-14-16-27(33)17-15-24)29(19-23-8-3-1-4-9-23)31(37)34-28-12-5-2-6-13-28/h1,3-4,7-11,14-18,28-29H,2,5-6,12-13,19-22H2,(H,34,37)/t29-/m1/s1. The van der Waals surface area contributed by atoms with Crippen LogP contribution in [0.3, 0.4) is 0 Å². The Morgan fingerprint density at radius 3 is 2.34 bits per heavy atom. The highest BCUT2D eigenvalue weighted by Crippen LogP contribution is 2.22. The number of carbonyl (C=O) groups excluding carboxylic acids is 2. The second kappa shape index (κ2) is 14.4. The molecule has 0 aliphatic heterocycles. The first-order chi connectivity index (χ1) is 18.5. The molecule has 0 aromatic heterocycles. The van der Waals surface area contributed by atoms with Crippen LogP contribution in [0.15, 0.2) is 78.9 Å². The highest BCUT2D eigenvalue weighted by molar-refractivity contribution is 7.99. The number of thioether (sulfide) groups is 1. The first-order valence-corrected chi connectivity index (χ1v) is 14.7. The van der Waals surface area contributed by atoms with Gasteiger partial charge in [0.2, 0.25) is 11.8 Å². The minimum atomic E-state index is -0.677. The van der Waals surface area contributed by atoms with Gasteiger partial charge in [-0.1, -0.05) is 85.5 Å². The van der Waals surface area contributed by atoms with Gasteiger partial charge >= 0.3 is 0 Å². The zero-order valence-corrected chi connectivity index (χ0v) is 23.0. The number of benzene rings is 3. The summed E-state index contributed by atoms with van der Waals surface area (Å²) in [7, 11) is 0. The smallest absolute Gasteiger partial charge is 0.243 e. The Morgan fingerprint density at radius 2 is 1.63 bits per heavy atom. The molecule has 0 unspecified atom stereocenters.